The van der Waals surface area contributed by atoms with Gasteiger partial charge in [-0.25, -0.2) is 4.68 Å². The fourth-order valence-corrected chi connectivity index (χ4v) is 2.70. The maximum atomic E-state index is 6.21. The molecule has 2 heterocycles. The van der Waals surface area contributed by atoms with Gasteiger partial charge in [0.05, 0.1) is 23.0 Å². The van der Waals surface area contributed by atoms with Crippen LogP contribution in [0.1, 0.15) is 25.1 Å². The Hall–Kier alpha value is -2.18. The van der Waals surface area contributed by atoms with Gasteiger partial charge in [0.1, 0.15) is 0 Å². The van der Waals surface area contributed by atoms with Crippen LogP contribution in [-0.2, 0) is 5.54 Å². The molecule has 3 aromatic rings. The lowest BCUT2D eigenvalue weighted by atomic mass is 9.77. The topological polar surface area (TPSA) is 82.8 Å². The van der Waals surface area contributed by atoms with Gasteiger partial charge in [-0.1, -0.05) is 22.8 Å². The third kappa shape index (κ3) is 2.20. The smallest absolute Gasteiger partial charge is 0.261 e. The van der Waals surface area contributed by atoms with Crippen molar-refractivity contribution in [3.8, 4) is 17.1 Å². The molecule has 0 saturated heterocycles. The van der Waals surface area contributed by atoms with Crippen molar-refractivity contribution in [3.63, 3.8) is 0 Å². The van der Waals surface area contributed by atoms with Crippen molar-refractivity contribution in [1.29, 1.82) is 0 Å². The van der Waals surface area contributed by atoms with Crippen LogP contribution in [0.5, 0.6) is 0 Å². The van der Waals surface area contributed by atoms with Gasteiger partial charge in [0.2, 0.25) is 0 Å². The number of hydrogen-bond acceptors (Lipinski definition) is 5. The Morgan fingerprint density at radius 2 is 2.18 bits per heavy atom. The Morgan fingerprint density at radius 3 is 2.91 bits per heavy atom. The van der Waals surface area contributed by atoms with E-state index >= 15 is 0 Å². The second-order valence-electron chi connectivity index (χ2n) is 5.59. The number of halogens is 1. The maximum Gasteiger partial charge on any atom is 0.261 e. The van der Waals surface area contributed by atoms with Crippen LogP contribution in [0.2, 0.25) is 5.02 Å². The number of aromatic nitrogens is 4. The first kappa shape index (κ1) is 13.5. The van der Waals surface area contributed by atoms with E-state index in [2.05, 4.69) is 15.2 Å². The van der Waals surface area contributed by atoms with Crippen LogP contribution in [0.15, 0.2) is 41.2 Å². The highest BCUT2D eigenvalue weighted by atomic mass is 35.5. The fourth-order valence-electron chi connectivity index (χ4n) is 2.52. The van der Waals surface area contributed by atoms with Crippen molar-refractivity contribution in [2.45, 2.75) is 24.8 Å². The Balaban J connectivity index is 1.64. The highest BCUT2D eigenvalue weighted by Crippen LogP contribution is 2.37. The van der Waals surface area contributed by atoms with Crippen molar-refractivity contribution >= 4 is 11.6 Å². The van der Waals surface area contributed by atoms with E-state index in [0.29, 0.717) is 16.7 Å². The van der Waals surface area contributed by atoms with Crippen LogP contribution in [0, 0.1) is 0 Å². The minimum atomic E-state index is -0.426. The Bertz CT molecular complexity index is 821. The Kier molecular flexibility index (Phi) is 3.02. The number of nitrogens with two attached hydrogens (primary N) is 1. The van der Waals surface area contributed by atoms with Crippen LogP contribution in [-0.4, -0.2) is 19.9 Å². The van der Waals surface area contributed by atoms with Crippen molar-refractivity contribution < 1.29 is 4.52 Å². The molecule has 0 atom stereocenters. The normalized spacial score (nSPS) is 16.5. The molecule has 6 nitrogen and oxygen atoms in total. The molecule has 0 amide bonds. The molecule has 112 valence electrons. The largest absolute Gasteiger partial charge is 0.334 e. The Morgan fingerprint density at radius 1 is 1.32 bits per heavy atom. The van der Waals surface area contributed by atoms with E-state index in [-0.39, 0.29) is 0 Å². The SMILES string of the molecule is NC1(c2noc(-c3cnn(-c4cccc(Cl)c4)c3)n2)CCC1. The van der Waals surface area contributed by atoms with Gasteiger partial charge in [-0.2, -0.15) is 10.1 Å². The minimum Gasteiger partial charge on any atom is -0.334 e. The van der Waals surface area contributed by atoms with Crippen LogP contribution in [0.3, 0.4) is 0 Å². The van der Waals surface area contributed by atoms with Gasteiger partial charge in [0.25, 0.3) is 5.89 Å². The van der Waals surface area contributed by atoms with Gasteiger partial charge >= 0.3 is 0 Å². The van der Waals surface area contributed by atoms with Crippen LogP contribution in [0.25, 0.3) is 17.1 Å². The summed E-state index contributed by atoms with van der Waals surface area (Å²) in [6.07, 6.45) is 6.41. The van der Waals surface area contributed by atoms with E-state index in [1.807, 2.05) is 30.5 Å². The summed E-state index contributed by atoms with van der Waals surface area (Å²) in [5, 5.41) is 8.98. The monoisotopic (exact) mass is 315 g/mol. The van der Waals surface area contributed by atoms with Crippen molar-refractivity contribution in [2.75, 3.05) is 0 Å². The lowest BCUT2D eigenvalue weighted by Gasteiger charge is -2.34. The average Bonchev–Trinajstić information content (AvgIpc) is 3.14. The van der Waals surface area contributed by atoms with E-state index in [1.54, 1.807) is 10.9 Å². The molecule has 1 aliphatic rings. The van der Waals surface area contributed by atoms with Crippen molar-refractivity contribution in [1.82, 2.24) is 19.9 Å². The van der Waals surface area contributed by atoms with Crippen LogP contribution in [0.4, 0.5) is 0 Å². The van der Waals surface area contributed by atoms with Gasteiger partial charge in [0.15, 0.2) is 5.82 Å². The zero-order valence-corrected chi connectivity index (χ0v) is 12.5. The van der Waals surface area contributed by atoms with Gasteiger partial charge in [-0.15, -0.1) is 0 Å². The molecule has 4 rings (SSSR count). The standard InChI is InChI=1S/C15H14ClN5O/c16-11-3-1-4-12(7-11)21-9-10(8-18-21)13-19-14(20-22-13)15(17)5-2-6-15/h1,3-4,7-9H,2,5-6,17H2. The molecule has 0 aliphatic heterocycles. The molecule has 1 saturated carbocycles. The quantitative estimate of drug-likeness (QED) is 0.803. The highest BCUT2D eigenvalue weighted by Gasteiger charge is 2.39. The van der Waals surface area contributed by atoms with Crippen molar-refractivity contribution in [3.05, 3.63) is 47.5 Å². The van der Waals surface area contributed by atoms with E-state index in [1.165, 1.54) is 0 Å². The molecule has 22 heavy (non-hydrogen) atoms. The molecule has 0 bridgehead atoms. The lowest BCUT2D eigenvalue weighted by Crippen LogP contribution is -2.44. The molecule has 0 radical (unpaired) electrons. The zero-order chi connectivity index (χ0) is 15.2. The molecule has 1 aliphatic carbocycles. The molecule has 2 aromatic heterocycles. The van der Waals surface area contributed by atoms with E-state index in [9.17, 15) is 0 Å². The summed E-state index contributed by atoms with van der Waals surface area (Å²) in [5.74, 6) is 1.00. The summed E-state index contributed by atoms with van der Waals surface area (Å²) in [6.45, 7) is 0. The van der Waals surface area contributed by atoms with Crippen LogP contribution < -0.4 is 5.73 Å². The van der Waals surface area contributed by atoms with Gasteiger partial charge in [-0.3, -0.25) is 0 Å². The average molecular weight is 316 g/mol. The molecular formula is C15H14ClN5O. The van der Waals surface area contributed by atoms with Gasteiger partial charge < -0.3 is 10.3 Å². The number of nitrogens with zero attached hydrogens (tertiary/aromatic N) is 4. The molecule has 1 fully saturated rings. The van der Waals surface area contributed by atoms with E-state index < -0.39 is 5.54 Å². The lowest BCUT2D eigenvalue weighted by molar-refractivity contribution is 0.229. The van der Waals surface area contributed by atoms with Crippen molar-refractivity contribution in [2.24, 2.45) is 5.73 Å². The molecule has 2 N–H and O–H groups in total. The minimum absolute atomic E-state index is 0.426. The summed E-state index contributed by atoms with van der Waals surface area (Å²) in [5.41, 5.74) is 7.40. The van der Waals surface area contributed by atoms with E-state index in [0.717, 1.165) is 30.5 Å². The first-order chi connectivity index (χ1) is 10.6. The summed E-state index contributed by atoms with van der Waals surface area (Å²) >= 11 is 6.00. The fraction of sp³-hybridized carbons (Fsp3) is 0.267. The zero-order valence-electron chi connectivity index (χ0n) is 11.7. The first-order valence-corrected chi connectivity index (χ1v) is 7.46. The molecule has 0 spiro atoms. The van der Waals surface area contributed by atoms with Gasteiger partial charge in [0, 0.05) is 11.2 Å². The molecular weight excluding hydrogens is 302 g/mol. The number of hydrogen-bond donors (Lipinski definition) is 1. The van der Waals surface area contributed by atoms with Gasteiger partial charge in [-0.05, 0) is 37.5 Å². The second kappa shape index (κ2) is 4.93. The summed E-state index contributed by atoms with van der Waals surface area (Å²) in [7, 11) is 0. The third-order valence-electron chi connectivity index (χ3n) is 4.02. The molecule has 7 heteroatoms. The first-order valence-electron chi connectivity index (χ1n) is 7.08. The predicted molar refractivity (Wildman–Crippen MR) is 81.6 cm³/mol. The summed E-state index contributed by atoms with van der Waals surface area (Å²) in [6, 6.07) is 7.45. The third-order valence-corrected chi connectivity index (χ3v) is 4.25. The number of rotatable bonds is 3. The Labute approximate surface area is 131 Å². The number of benzene rings is 1. The van der Waals surface area contributed by atoms with E-state index in [4.69, 9.17) is 21.9 Å². The summed E-state index contributed by atoms with van der Waals surface area (Å²) in [4.78, 5) is 4.42. The predicted octanol–water partition coefficient (Wildman–Crippen LogP) is 2.91. The second-order valence-corrected chi connectivity index (χ2v) is 6.02. The van der Waals surface area contributed by atoms with Crippen LogP contribution >= 0.6 is 11.6 Å². The molecule has 0 unspecified atom stereocenters. The highest BCUT2D eigenvalue weighted by molar-refractivity contribution is 6.30. The molecule has 1 aromatic carbocycles. The summed E-state index contributed by atoms with van der Waals surface area (Å²) < 4.78 is 7.04. The maximum absolute atomic E-state index is 6.21.